The summed E-state index contributed by atoms with van der Waals surface area (Å²) in [5.41, 5.74) is 2.33. The lowest BCUT2D eigenvalue weighted by Gasteiger charge is -2.27. The monoisotopic (exact) mass is 339 g/mol. The summed E-state index contributed by atoms with van der Waals surface area (Å²) in [5, 5.41) is 0. The van der Waals surface area contributed by atoms with E-state index in [0.717, 1.165) is 5.56 Å². The van der Waals surface area contributed by atoms with Crippen molar-refractivity contribution in [3.8, 4) is 0 Å². The molecular weight excluding hydrogens is 318 g/mol. The number of allylic oxidation sites excluding steroid dienone is 1. The second kappa shape index (κ2) is 5.21. The van der Waals surface area contributed by atoms with Crippen LogP contribution in [0.5, 0.6) is 0 Å². The molecule has 1 aliphatic carbocycles. The molecule has 0 radical (unpaired) electrons. The Morgan fingerprint density at radius 1 is 1.04 bits per heavy atom. The molecule has 0 bridgehead atoms. The average Bonchev–Trinajstić information content (AvgIpc) is 3.20. The molecule has 3 atom stereocenters. The van der Waals surface area contributed by atoms with Crippen molar-refractivity contribution in [3.63, 3.8) is 0 Å². The van der Waals surface area contributed by atoms with Gasteiger partial charge in [-0.15, -0.1) is 0 Å². The molecule has 4 heteroatoms. The van der Waals surface area contributed by atoms with Gasteiger partial charge in [-0.3, -0.25) is 4.31 Å². The zero-order valence-corrected chi connectivity index (χ0v) is 14.7. The van der Waals surface area contributed by atoms with Crippen LogP contribution in [0.15, 0.2) is 71.8 Å². The van der Waals surface area contributed by atoms with E-state index in [0.29, 0.717) is 23.3 Å². The number of sulfonamides is 1. The van der Waals surface area contributed by atoms with E-state index in [1.165, 1.54) is 9.87 Å². The molecule has 0 aromatic heterocycles. The number of rotatable bonds is 3. The first kappa shape index (κ1) is 15.5. The molecule has 24 heavy (non-hydrogen) atoms. The fourth-order valence-electron chi connectivity index (χ4n) is 3.97. The molecule has 0 amide bonds. The van der Waals surface area contributed by atoms with Gasteiger partial charge >= 0.3 is 0 Å². The van der Waals surface area contributed by atoms with Gasteiger partial charge in [0.15, 0.2) is 0 Å². The first-order chi connectivity index (χ1) is 11.4. The predicted molar refractivity (Wildman–Crippen MR) is 95.0 cm³/mol. The topological polar surface area (TPSA) is 37.4 Å². The summed E-state index contributed by atoms with van der Waals surface area (Å²) in [6, 6.07) is 17.5. The maximum Gasteiger partial charge on any atom is 0.263 e. The fraction of sp³-hybridized carbons (Fsp3) is 0.300. The first-order valence-electron chi connectivity index (χ1n) is 8.25. The van der Waals surface area contributed by atoms with Crippen LogP contribution < -0.4 is 0 Å². The van der Waals surface area contributed by atoms with E-state index in [1.807, 2.05) is 37.3 Å². The molecule has 3 nitrogen and oxygen atoms in total. The van der Waals surface area contributed by atoms with Crippen molar-refractivity contribution in [1.82, 2.24) is 4.31 Å². The Kier molecular flexibility index (Phi) is 3.36. The van der Waals surface area contributed by atoms with Crippen LogP contribution >= 0.6 is 0 Å². The molecule has 1 heterocycles. The lowest BCUT2D eigenvalue weighted by atomic mass is 10.0. The molecule has 2 aromatic rings. The largest absolute Gasteiger partial charge is 0.273 e. The van der Waals surface area contributed by atoms with Crippen molar-refractivity contribution in [1.29, 1.82) is 0 Å². The lowest BCUT2D eigenvalue weighted by molar-refractivity contribution is 0.375. The van der Waals surface area contributed by atoms with Crippen molar-refractivity contribution in [2.45, 2.75) is 24.7 Å². The van der Waals surface area contributed by atoms with Gasteiger partial charge in [-0.05, 0) is 36.5 Å². The summed E-state index contributed by atoms with van der Waals surface area (Å²) in [4.78, 5) is 0.358. The van der Waals surface area contributed by atoms with E-state index >= 15 is 0 Å². The van der Waals surface area contributed by atoms with Gasteiger partial charge in [0.1, 0.15) is 0 Å². The number of hydrogen-bond donors (Lipinski definition) is 0. The van der Waals surface area contributed by atoms with Gasteiger partial charge in [-0.2, -0.15) is 0 Å². The zero-order chi connectivity index (χ0) is 16.9. The van der Waals surface area contributed by atoms with Gasteiger partial charge in [0.2, 0.25) is 0 Å². The Morgan fingerprint density at radius 2 is 1.71 bits per heavy atom. The lowest BCUT2D eigenvalue weighted by Crippen LogP contribution is -2.34. The van der Waals surface area contributed by atoms with Crippen LogP contribution in [0, 0.1) is 18.3 Å². The van der Waals surface area contributed by atoms with Crippen molar-refractivity contribution in [2.75, 3.05) is 6.54 Å². The van der Waals surface area contributed by atoms with E-state index < -0.39 is 10.0 Å². The molecule has 1 fully saturated rings. The highest BCUT2D eigenvalue weighted by molar-refractivity contribution is 7.89. The summed E-state index contributed by atoms with van der Waals surface area (Å²) in [6.45, 7) is 4.68. The molecule has 1 saturated carbocycles. The highest BCUT2D eigenvalue weighted by atomic mass is 32.2. The molecule has 1 aliphatic heterocycles. The number of nitrogens with zero attached hydrogens (tertiary/aromatic N) is 1. The van der Waals surface area contributed by atoms with E-state index in [-0.39, 0.29) is 5.41 Å². The smallest absolute Gasteiger partial charge is 0.263 e. The molecule has 124 valence electrons. The molecule has 0 unspecified atom stereocenters. The van der Waals surface area contributed by atoms with Crippen LogP contribution in [0.3, 0.4) is 0 Å². The van der Waals surface area contributed by atoms with Crippen LogP contribution in [0.25, 0.3) is 0 Å². The van der Waals surface area contributed by atoms with Crippen LogP contribution in [0.2, 0.25) is 0 Å². The molecule has 0 saturated heterocycles. The Hall–Kier alpha value is -2.07. The minimum Gasteiger partial charge on any atom is -0.273 e. The number of hydrogen-bond acceptors (Lipinski definition) is 2. The van der Waals surface area contributed by atoms with Crippen molar-refractivity contribution in [2.24, 2.45) is 11.3 Å². The SMILES string of the molecule is Cc1ccc(S(=O)(=O)N2C=C[C@H]3[C@H](c4ccccc4)[C@@]3(C)C2)cc1. The highest BCUT2D eigenvalue weighted by Crippen LogP contribution is 2.67. The maximum absolute atomic E-state index is 12.9. The Bertz CT molecular complexity index is 887. The van der Waals surface area contributed by atoms with Gasteiger partial charge in [0.05, 0.1) is 4.90 Å². The quantitative estimate of drug-likeness (QED) is 0.849. The van der Waals surface area contributed by atoms with E-state index in [9.17, 15) is 8.42 Å². The van der Waals surface area contributed by atoms with Crippen LogP contribution in [-0.2, 0) is 10.0 Å². The summed E-state index contributed by atoms with van der Waals surface area (Å²) in [5.74, 6) is 0.817. The van der Waals surface area contributed by atoms with Crippen LogP contribution in [-0.4, -0.2) is 19.3 Å². The standard InChI is InChI=1S/C20H21NO2S/c1-15-8-10-17(11-9-15)24(22,23)21-13-12-18-19(20(18,2)14-21)16-6-4-3-5-7-16/h3-13,18-19H,14H2,1-2H3/t18-,19-,20-/m0/s1. The van der Waals surface area contributed by atoms with Gasteiger partial charge in [0.25, 0.3) is 10.0 Å². The summed E-state index contributed by atoms with van der Waals surface area (Å²) in [6.07, 6.45) is 3.82. The minimum atomic E-state index is -3.48. The van der Waals surface area contributed by atoms with E-state index in [4.69, 9.17) is 0 Å². The maximum atomic E-state index is 12.9. The van der Waals surface area contributed by atoms with Gasteiger partial charge in [-0.25, -0.2) is 8.42 Å². The summed E-state index contributed by atoms with van der Waals surface area (Å²) < 4.78 is 27.4. The molecule has 0 spiro atoms. The Balaban J connectivity index is 1.62. The Labute approximate surface area is 143 Å². The van der Waals surface area contributed by atoms with Gasteiger partial charge in [-0.1, -0.05) is 61.0 Å². The average molecular weight is 339 g/mol. The fourth-order valence-corrected chi connectivity index (χ4v) is 5.40. The summed E-state index contributed by atoms with van der Waals surface area (Å²) in [7, 11) is -3.48. The van der Waals surface area contributed by atoms with E-state index in [1.54, 1.807) is 18.3 Å². The number of fused-ring (bicyclic) bond motifs is 1. The second-order valence-electron chi connectivity index (χ2n) is 7.12. The molecular formula is C20H21NO2S. The molecule has 2 aliphatic rings. The van der Waals surface area contributed by atoms with Crippen LogP contribution in [0.1, 0.15) is 24.0 Å². The van der Waals surface area contributed by atoms with E-state index in [2.05, 4.69) is 25.1 Å². The summed E-state index contributed by atoms with van der Waals surface area (Å²) >= 11 is 0. The first-order valence-corrected chi connectivity index (χ1v) is 9.69. The predicted octanol–water partition coefficient (Wildman–Crippen LogP) is 3.93. The minimum absolute atomic E-state index is 0.0200. The third-order valence-corrected chi connectivity index (χ3v) is 7.20. The van der Waals surface area contributed by atoms with Crippen LogP contribution in [0.4, 0.5) is 0 Å². The molecule has 4 rings (SSSR count). The third kappa shape index (κ3) is 2.28. The zero-order valence-electron chi connectivity index (χ0n) is 13.9. The number of aryl methyl sites for hydroxylation is 1. The molecule has 2 aromatic carbocycles. The molecule has 0 N–H and O–H groups in total. The Morgan fingerprint density at radius 3 is 2.38 bits per heavy atom. The highest BCUT2D eigenvalue weighted by Gasteiger charge is 2.62. The third-order valence-electron chi connectivity index (χ3n) is 5.46. The normalized spacial score (nSPS) is 28.5. The van der Waals surface area contributed by atoms with Crippen molar-refractivity contribution in [3.05, 3.63) is 78.0 Å². The second-order valence-corrected chi connectivity index (χ2v) is 9.02. The van der Waals surface area contributed by atoms with Crippen molar-refractivity contribution >= 4 is 10.0 Å². The van der Waals surface area contributed by atoms with Gasteiger partial charge < -0.3 is 0 Å². The number of benzene rings is 2. The van der Waals surface area contributed by atoms with Gasteiger partial charge in [0, 0.05) is 18.2 Å². The van der Waals surface area contributed by atoms with Crippen molar-refractivity contribution < 1.29 is 8.42 Å².